The average Bonchev–Trinajstić information content (AvgIpc) is 2.73. The predicted molar refractivity (Wildman–Crippen MR) is 125 cm³/mol. The number of carbonyl (C=O) groups is 1. The standard InChI is InChI=1S/C27H34O4/c1-6-9-22(16-26(28)29)21-12-14-24(15-13-21)30-18-20(7-2)19-31-25-11-8-10-23(17-25)27(3,4)5/h8,10-15,17,20,22H,7,16,18-19H2,1-5H3,(H,28,29). The molecule has 0 bridgehead atoms. The molecule has 1 N–H and O–H groups in total. The lowest BCUT2D eigenvalue weighted by molar-refractivity contribution is -0.137. The van der Waals surface area contributed by atoms with Gasteiger partial charge in [-0.05, 0) is 54.2 Å². The Kier molecular flexibility index (Phi) is 9.00. The maximum atomic E-state index is 11.1. The number of ether oxygens (including phenoxy) is 2. The van der Waals surface area contributed by atoms with Gasteiger partial charge in [-0.25, -0.2) is 0 Å². The first kappa shape index (κ1) is 24.3. The van der Waals surface area contributed by atoms with Gasteiger partial charge in [0.15, 0.2) is 0 Å². The van der Waals surface area contributed by atoms with Crippen LogP contribution in [0.1, 0.15) is 64.5 Å². The van der Waals surface area contributed by atoms with E-state index in [-0.39, 0.29) is 23.7 Å². The van der Waals surface area contributed by atoms with Crippen LogP contribution in [0.2, 0.25) is 0 Å². The predicted octanol–water partition coefficient (Wildman–Crippen LogP) is 6.05. The third-order valence-corrected chi connectivity index (χ3v) is 5.23. The van der Waals surface area contributed by atoms with Crippen molar-refractivity contribution in [1.29, 1.82) is 0 Å². The van der Waals surface area contributed by atoms with Gasteiger partial charge in [-0.2, -0.15) is 0 Å². The highest BCUT2D eigenvalue weighted by Gasteiger charge is 2.16. The lowest BCUT2D eigenvalue weighted by Crippen LogP contribution is -2.19. The summed E-state index contributed by atoms with van der Waals surface area (Å²) < 4.78 is 12.0. The summed E-state index contributed by atoms with van der Waals surface area (Å²) in [6.07, 6.45) is 0.941. The number of carboxylic acids is 1. The Morgan fingerprint density at radius 3 is 2.23 bits per heavy atom. The molecule has 31 heavy (non-hydrogen) atoms. The largest absolute Gasteiger partial charge is 0.493 e. The molecule has 2 atom stereocenters. The molecule has 0 saturated carbocycles. The molecule has 2 aromatic rings. The summed E-state index contributed by atoms with van der Waals surface area (Å²) >= 11 is 0. The topological polar surface area (TPSA) is 55.8 Å². The highest BCUT2D eigenvalue weighted by Crippen LogP contribution is 2.26. The van der Waals surface area contributed by atoms with Gasteiger partial charge in [0.25, 0.3) is 0 Å². The van der Waals surface area contributed by atoms with E-state index in [1.807, 2.05) is 36.4 Å². The van der Waals surface area contributed by atoms with Gasteiger partial charge in [-0.3, -0.25) is 4.79 Å². The zero-order valence-corrected chi connectivity index (χ0v) is 19.3. The minimum absolute atomic E-state index is 0.00724. The quantitative estimate of drug-likeness (QED) is 0.474. The molecule has 166 valence electrons. The zero-order valence-electron chi connectivity index (χ0n) is 19.3. The summed E-state index contributed by atoms with van der Waals surface area (Å²) in [5.74, 6) is 6.53. The highest BCUT2D eigenvalue weighted by molar-refractivity contribution is 5.69. The van der Waals surface area contributed by atoms with Crippen molar-refractivity contribution in [2.24, 2.45) is 5.92 Å². The van der Waals surface area contributed by atoms with E-state index < -0.39 is 5.97 Å². The van der Waals surface area contributed by atoms with Crippen molar-refractivity contribution in [3.05, 3.63) is 59.7 Å². The number of carboxylic acid groups (broad SMARTS) is 1. The molecule has 2 rings (SSSR count). The maximum absolute atomic E-state index is 11.1. The Balaban J connectivity index is 1.92. The van der Waals surface area contributed by atoms with Crippen molar-refractivity contribution in [2.75, 3.05) is 13.2 Å². The first-order valence-corrected chi connectivity index (χ1v) is 10.8. The molecule has 2 unspecified atom stereocenters. The molecule has 0 aliphatic heterocycles. The number of aliphatic carboxylic acids is 1. The van der Waals surface area contributed by atoms with Crippen molar-refractivity contribution in [3.8, 4) is 23.3 Å². The summed E-state index contributed by atoms with van der Waals surface area (Å²) in [6.45, 7) is 11.6. The fourth-order valence-electron chi connectivity index (χ4n) is 3.16. The lowest BCUT2D eigenvalue weighted by atomic mass is 9.87. The first-order valence-electron chi connectivity index (χ1n) is 10.8. The van der Waals surface area contributed by atoms with Gasteiger partial charge in [0, 0.05) is 5.92 Å². The molecular formula is C27H34O4. The Labute approximate surface area is 186 Å². The smallest absolute Gasteiger partial charge is 0.304 e. The second-order valence-corrected chi connectivity index (χ2v) is 8.79. The van der Waals surface area contributed by atoms with Crippen LogP contribution in [0.25, 0.3) is 0 Å². The van der Waals surface area contributed by atoms with Crippen molar-refractivity contribution in [1.82, 2.24) is 0 Å². The molecule has 2 aromatic carbocycles. The van der Waals surface area contributed by atoms with Crippen LogP contribution in [0.3, 0.4) is 0 Å². The van der Waals surface area contributed by atoms with Crippen LogP contribution in [0, 0.1) is 17.8 Å². The molecule has 0 spiro atoms. The van der Waals surface area contributed by atoms with Gasteiger partial charge < -0.3 is 14.6 Å². The van der Waals surface area contributed by atoms with Crippen LogP contribution < -0.4 is 9.47 Å². The number of hydrogen-bond donors (Lipinski definition) is 1. The van der Waals surface area contributed by atoms with Crippen LogP contribution in [0.4, 0.5) is 0 Å². The van der Waals surface area contributed by atoms with Crippen molar-refractivity contribution >= 4 is 5.97 Å². The Morgan fingerprint density at radius 1 is 1.03 bits per heavy atom. The van der Waals surface area contributed by atoms with Crippen molar-refractivity contribution in [2.45, 2.75) is 58.8 Å². The molecule has 0 heterocycles. The molecular weight excluding hydrogens is 388 g/mol. The van der Waals surface area contributed by atoms with Crippen LogP contribution in [-0.4, -0.2) is 24.3 Å². The molecule has 0 aliphatic carbocycles. The molecule has 0 fully saturated rings. The fraction of sp³-hybridized carbons (Fsp3) is 0.444. The number of hydrogen-bond acceptors (Lipinski definition) is 3. The fourth-order valence-corrected chi connectivity index (χ4v) is 3.16. The van der Waals surface area contributed by atoms with Gasteiger partial charge in [-0.1, -0.05) is 57.9 Å². The van der Waals surface area contributed by atoms with E-state index >= 15 is 0 Å². The molecule has 4 heteroatoms. The third kappa shape index (κ3) is 8.02. The highest BCUT2D eigenvalue weighted by atomic mass is 16.5. The number of benzene rings is 2. The van der Waals surface area contributed by atoms with E-state index in [1.54, 1.807) is 6.92 Å². The summed E-state index contributed by atoms with van der Waals surface area (Å²) in [5.41, 5.74) is 2.23. The van der Waals surface area contributed by atoms with Gasteiger partial charge in [0.2, 0.25) is 0 Å². The molecule has 0 aliphatic rings. The average molecular weight is 423 g/mol. The second kappa shape index (κ2) is 11.5. The van der Waals surface area contributed by atoms with Crippen LogP contribution in [0.15, 0.2) is 48.5 Å². The summed E-state index contributed by atoms with van der Waals surface area (Å²) in [5, 5.41) is 9.08. The van der Waals surface area contributed by atoms with Crippen LogP contribution in [-0.2, 0) is 10.2 Å². The molecule has 0 amide bonds. The van der Waals surface area contributed by atoms with Gasteiger partial charge in [-0.15, -0.1) is 5.92 Å². The lowest BCUT2D eigenvalue weighted by Gasteiger charge is -2.21. The zero-order chi connectivity index (χ0) is 22.9. The van der Waals surface area contributed by atoms with E-state index in [0.717, 1.165) is 23.5 Å². The third-order valence-electron chi connectivity index (χ3n) is 5.23. The van der Waals surface area contributed by atoms with Crippen molar-refractivity contribution < 1.29 is 19.4 Å². The molecule has 0 saturated heterocycles. The van der Waals surface area contributed by atoms with E-state index in [9.17, 15) is 4.79 Å². The SMILES string of the molecule is CC#CC(CC(=O)O)c1ccc(OCC(CC)COc2cccc(C(C)(C)C)c2)cc1. The molecule has 0 radical (unpaired) electrons. The Hall–Kier alpha value is -2.93. The van der Waals surface area contributed by atoms with Gasteiger partial charge in [0.1, 0.15) is 11.5 Å². The van der Waals surface area contributed by atoms with Crippen molar-refractivity contribution in [3.63, 3.8) is 0 Å². The summed E-state index contributed by atoms with van der Waals surface area (Å²) in [6, 6.07) is 15.8. The Morgan fingerprint density at radius 2 is 1.68 bits per heavy atom. The molecule has 4 nitrogen and oxygen atoms in total. The van der Waals surface area contributed by atoms with Crippen LogP contribution >= 0.6 is 0 Å². The first-order chi connectivity index (χ1) is 14.7. The van der Waals surface area contributed by atoms with Crippen LogP contribution in [0.5, 0.6) is 11.5 Å². The maximum Gasteiger partial charge on any atom is 0.304 e. The normalized spacial score (nSPS) is 12.9. The molecule has 0 aromatic heterocycles. The van der Waals surface area contributed by atoms with E-state index in [4.69, 9.17) is 14.6 Å². The summed E-state index contributed by atoms with van der Waals surface area (Å²) in [4.78, 5) is 11.1. The van der Waals surface area contributed by atoms with E-state index in [0.29, 0.717) is 13.2 Å². The number of rotatable bonds is 10. The minimum atomic E-state index is -0.855. The van der Waals surface area contributed by atoms with Gasteiger partial charge >= 0.3 is 5.97 Å². The Bertz CT molecular complexity index is 897. The monoisotopic (exact) mass is 422 g/mol. The second-order valence-electron chi connectivity index (χ2n) is 8.79. The van der Waals surface area contributed by atoms with E-state index in [2.05, 4.69) is 51.7 Å². The summed E-state index contributed by atoms with van der Waals surface area (Å²) in [7, 11) is 0. The van der Waals surface area contributed by atoms with E-state index in [1.165, 1.54) is 5.56 Å². The minimum Gasteiger partial charge on any atom is -0.493 e. The van der Waals surface area contributed by atoms with Gasteiger partial charge in [0.05, 0.1) is 25.6 Å².